The topological polar surface area (TPSA) is 81.4 Å². The van der Waals surface area contributed by atoms with E-state index in [4.69, 9.17) is 22.1 Å². The highest BCUT2D eigenvalue weighted by Gasteiger charge is 2.11. The lowest BCUT2D eigenvalue weighted by Crippen LogP contribution is -2.25. The molecule has 0 atom stereocenters. The molecule has 1 aromatic carbocycles. The summed E-state index contributed by atoms with van der Waals surface area (Å²) in [5.41, 5.74) is 5.29. The highest BCUT2D eigenvalue weighted by molar-refractivity contribution is 6.31. The monoisotopic (exact) mass is 242 g/mol. The number of halogens is 1. The van der Waals surface area contributed by atoms with E-state index in [1.54, 1.807) is 6.07 Å². The molecule has 16 heavy (non-hydrogen) atoms. The molecule has 0 spiro atoms. The lowest BCUT2D eigenvalue weighted by molar-refractivity contribution is -0.122. The molecule has 6 heteroatoms. The van der Waals surface area contributed by atoms with Crippen molar-refractivity contribution in [3.63, 3.8) is 0 Å². The Kier molecular flexibility index (Phi) is 4.13. The summed E-state index contributed by atoms with van der Waals surface area (Å²) in [7, 11) is 1.49. The van der Waals surface area contributed by atoms with Crippen molar-refractivity contribution < 1.29 is 14.3 Å². The Morgan fingerprint density at radius 2 is 2.19 bits per heavy atom. The Morgan fingerprint density at radius 1 is 1.50 bits per heavy atom. The molecule has 0 aromatic heterocycles. The molecule has 86 valence electrons. The van der Waals surface area contributed by atoms with Crippen LogP contribution in [0.2, 0.25) is 5.02 Å². The van der Waals surface area contributed by atoms with Crippen LogP contribution >= 0.6 is 11.6 Å². The normalized spacial score (nSPS) is 9.62. The fraction of sp³-hybridized carbons (Fsp3) is 0.200. The highest BCUT2D eigenvalue weighted by atomic mass is 35.5. The largest absolute Gasteiger partial charge is 0.483 e. The number of benzene rings is 1. The lowest BCUT2D eigenvalue weighted by Gasteiger charge is -2.08. The molecular formula is C10H11ClN2O3. The zero-order valence-corrected chi connectivity index (χ0v) is 9.38. The molecule has 0 saturated heterocycles. The first-order chi connectivity index (χ1) is 7.54. The van der Waals surface area contributed by atoms with E-state index in [2.05, 4.69) is 5.32 Å². The minimum atomic E-state index is -0.658. The molecule has 3 N–H and O–H groups in total. The third-order valence-electron chi connectivity index (χ3n) is 1.84. The minimum Gasteiger partial charge on any atom is -0.483 e. The van der Waals surface area contributed by atoms with E-state index in [-0.39, 0.29) is 23.8 Å². The summed E-state index contributed by atoms with van der Waals surface area (Å²) in [5, 5.41) is 2.77. The van der Waals surface area contributed by atoms with Gasteiger partial charge in [-0.1, -0.05) is 11.6 Å². The average molecular weight is 243 g/mol. The summed E-state index contributed by atoms with van der Waals surface area (Å²) >= 11 is 5.71. The van der Waals surface area contributed by atoms with Crippen molar-refractivity contribution in [2.75, 3.05) is 13.7 Å². The van der Waals surface area contributed by atoms with Crippen LogP contribution < -0.4 is 15.8 Å². The standard InChI is InChI=1S/C10H11ClN2O3/c1-13-9(14)5-16-8-3-2-6(11)4-7(8)10(12)15/h2-4H,5H2,1H3,(H2,12,15)(H,13,14). The number of carbonyl (C=O) groups is 2. The van der Waals surface area contributed by atoms with Gasteiger partial charge in [0, 0.05) is 12.1 Å². The van der Waals surface area contributed by atoms with Crippen molar-refractivity contribution in [3.8, 4) is 5.75 Å². The van der Waals surface area contributed by atoms with E-state index in [1.165, 1.54) is 19.2 Å². The molecule has 0 aliphatic rings. The van der Waals surface area contributed by atoms with Crippen LogP contribution in [0.5, 0.6) is 5.75 Å². The molecule has 1 rings (SSSR count). The summed E-state index contributed by atoms with van der Waals surface area (Å²) in [4.78, 5) is 22.0. The number of hydrogen-bond acceptors (Lipinski definition) is 3. The molecule has 0 aliphatic heterocycles. The number of primary amides is 1. The number of ether oxygens (including phenoxy) is 1. The number of amides is 2. The van der Waals surface area contributed by atoms with Gasteiger partial charge in [-0.2, -0.15) is 0 Å². The highest BCUT2D eigenvalue weighted by Crippen LogP contribution is 2.22. The van der Waals surface area contributed by atoms with Gasteiger partial charge in [0.15, 0.2) is 6.61 Å². The minimum absolute atomic E-state index is 0.149. The molecule has 0 unspecified atom stereocenters. The summed E-state index contributed by atoms with van der Waals surface area (Å²) in [6.45, 7) is -0.182. The zero-order valence-electron chi connectivity index (χ0n) is 8.62. The lowest BCUT2D eigenvalue weighted by atomic mass is 10.2. The van der Waals surface area contributed by atoms with Gasteiger partial charge in [-0.15, -0.1) is 0 Å². The second-order valence-corrected chi connectivity index (χ2v) is 3.40. The fourth-order valence-corrected chi connectivity index (χ4v) is 1.21. The van der Waals surface area contributed by atoms with Crippen molar-refractivity contribution in [1.29, 1.82) is 0 Å². The third-order valence-corrected chi connectivity index (χ3v) is 2.08. The maximum atomic E-state index is 11.1. The molecule has 2 amide bonds. The Morgan fingerprint density at radius 3 is 2.75 bits per heavy atom. The van der Waals surface area contributed by atoms with Crippen LogP contribution in [0.4, 0.5) is 0 Å². The van der Waals surface area contributed by atoms with E-state index in [0.717, 1.165) is 0 Å². The van der Waals surface area contributed by atoms with Gasteiger partial charge < -0.3 is 15.8 Å². The van der Waals surface area contributed by atoms with Gasteiger partial charge in [0.1, 0.15) is 5.75 Å². The van der Waals surface area contributed by atoms with Crippen LogP contribution in [-0.2, 0) is 4.79 Å². The van der Waals surface area contributed by atoms with Crippen molar-refractivity contribution in [3.05, 3.63) is 28.8 Å². The second-order valence-electron chi connectivity index (χ2n) is 2.97. The van der Waals surface area contributed by atoms with E-state index < -0.39 is 5.91 Å². The van der Waals surface area contributed by atoms with E-state index in [9.17, 15) is 9.59 Å². The zero-order chi connectivity index (χ0) is 12.1. The molecule has 0 heterocycles. The Labute approximate surface area is 97.5 Å². The Hall–Kier alpha value is -1.75. The summed E-state index contributed by atoms with van der Waals surface area (Å²) in [6, 6.07) is 4.43. The van der Waals surface area contributed by atoms with Crippen molar-refractivity contribution in [2.24, 2.45) is 5.73 Å². The van der Waals surface area contributed by atoms with E-state index in [0.29, 0.717) is 5.02 Å². The first-order valence-electron chi connectivity index (χ1n) is 4.47. The smallest absolute Gasteiger partial charge is 0.257 e. The molecule has 0 fully saturated rings. The average Bonchev–Trinajstić information content (AvgIpc) is 2.26. The van der Waals surface area contributed by atoms with Gasteiger partial charge in [0.2, 0.25) is 0 Å². The van der Waals surface area contributed by atoms with Crippen LogP contribution in [0.15, 0.2) is 18.2 Å². The first kappa shape index (κ1) is 12.3. The van der Waals surface area contributed by atoms with E-state index >= 15 is 0 Å². The molecule has 0 aliphatic carbocycles. The summed E-state index contributed by atoms with van der Waals surface area (Å²) in [6.07, 6.45) is 0. The Balaban J connectivity index is 2.87. The molecule has 5 nitrogen and oxygen atoms in total. The number of rotatable bonds is 4. The molecule has 0 radical (unpaired) electrons. The predicted octanol–water partition coefficient (Wildman–Crippen LogP) is 0.564. The second kappa shape index (κ2) is 5.37. The molecule has 1 aromatic rings. The van der Waals surface area contributed by atoms with Gasteiger partial charge in [0.25, 0.3) is 11.8 Å². The van der Waals surface area contributed by atoms with Crippen LogP contribution in [0, 0.1) is 0 Å². The van der Waals surface area contributed by atoms with Crippen molar-refractivity contribution >= 4 is 23.4 Å². The maximum absolute atomic E-state index is 11.1. The van der Waals surface area contributed by atoms with Crippen LogP contribution in [0.1, 0.15) is 10.4 Å². The van der Waals surface area contributed by atoms with Crippen molar-refractivity contribution in [1.82, 2.24) is 5.32 Å². The SMILES string of the molecule is CNC(=O)COc1ccc(Cl)cc1C(N)=O. The van der Waals surface area contributed by atoms with Gasteiger partial charge in [-0.05, 0) is 18.2 Å². The Bertz CT molecular complexity index is 421. The van der Waals surface area contributed by atoms with Crippen molar-refractivity contribution in [2.45, 2.75) is 0 Å². The molecule has 0 saturated carbocycles. The van der Waals surface area contributed by atoms with Gasteiger partial charge >= 0.3 is 0 Å². The number of nitrogens with one attached hydrogen (secondary N) is 1. The fourth-order valence-electron chi connectivity index (χ4n) is 1.04. The van der Waals surface area contributed by atoms with Gasteiger partial charge in [-0.25, -0.2) is 0 Å². The first-order valence-corrected chi connectivity index (χ1v) is 4.85. The van der Waals surface area contributed by atoms with Gasteiger partial charge in [0.05, 0.1) is 5.56 Å². The summed E-state index contributed by atoms with van der Waals surface area (Å²) < 4.78 is 5.13. The quantitative estimate of drug-likeness (QED) is 0.810. The maximum Gasteiger partial charge on any atom is 0.257 e. The van der Waals surface area contributed by atoms with Crippen LogP contribution in [-0.4, -0.2) is 25.5 Å². The number of nitrogens with two attached hydrogens (primary N) is 1. The van der Waals surface area contributed by atoms with Gasteiger partial charge in [-0.3, -0.25) is 9.59 Å². The number of carbonyl (C=O) groups excluding carboxylic acids is 2. The number of hydrogen-bond donors (Lipinski definition) is 2. The van der Waals surface area contributed by atoms with E-state index in [1.807, 2.05) is 0 Å². The third kappa shape index (κ3) is 3.13. The number of likely N-dealkylation sites (N-methyl/N-ethyl adjacent to an activating group) is 1. The predicted molar refractivity (Wildman–Crippen MR) is 59.5 cm³/mol. The molecule has 0 bridgehead atoms. The van der Waals surface area contributed by atoms with Crippen LogP contribution in [0.3, 0.4) is 0 Å². The molecular weight excluding hydrogens is 232 g/mol. The van der Waals surface area contributed by atoms with Crippen LogP contribution in [0.25, 0.3) is 0 Å². The summed E-state index contributed by atoms with van der Waals surface area (Å²) in [5.74, 6) is -0.722.